The van der Waals surface area contributed by atoms with Gasteiger partial charge in [0.05, 0.1) is 29.0 Å². The molecule has 0 bridgehead atoms. The standard InChI is InChI=1S/C19H23ClN6O2S2/c1-11-17(9-27-11)28-18(30-13-3-2-12(7-21)14(20)6-13)4-5-26(24)8-15(22)16-10-29-19(23)25-16/h2-3,6,8,10-11,17-18H,4-5,9,22,24H2,1H3,(H2,23,25)/b15-8-. The first kappa shape index (κ1) is 22.7. The topological polar surface area (TPSA) is 136 Å². The van der Waals surface area contributed by atoms with Gasteiger partial charge in [0, 0.05) is 29.4 Å². The average molecular weight is 467 g/mol. The highest BCUT2D eigenvalue weighted by molar-refractivity contribution is 7.99. The number of anilines is 1. The fraction of sp³-hybridized carbons (Fsp3) is 0.368. The lowest BCUT2D eigenvalue weighted by Gasteiger charge is -2.36. The molecule has 2 heterocycles. The van der Waals surface area contributed by atoms with E-state index in [1.54, 1.807) is 23.7 Å². The Morgan fingerprint density at radius 1 is 1.60 bits per heavy atom. The molecule has 0 aliphatic carbocycles. The van der Waals surface area contributed by atoms with Crippen LogP contribution in [0, 0.1) is 11.3 Å². The highest BCUT2D eigenvalue weighted by atomic mass is 35.5. The van der Waals surface area contributed by atoms with Gasteiger partial charge in [0.25, 0.3) is 0 Å². The zero-order valence-electron chi connectivity index (χ0n) is 16.3. The van der Waals surface area contributed by atoms with Crippen molar-refractivity contribution >= 4 is 45.5 Å². The molecule has 6 N–H and O–H groups in total. The first-order valence-electron chi connectivity index (χ1n) is 9.19. The molecule has 1 aromatic carbocycles. The summed E-state index contributed by atoms with van der Waals surface area (Å²) in [6.45, 7) is 3.05. The van der Waals surface area contributed by atoms with E-state index in [2.05, 4.69) is 11.1 Å². The predicted molar refractivity (Wildman–Crippen MR) is 120 cm³/mol. The molecule has 0 radical (unpaired) electrons. The number of nitrogens with two attached hydrogens (primary N) is 3. The van der Waals surface area contributed by atoms with Gasteiger partial charge in [-0.15, -0.1) is 11.3 Å². The minimum Gasteiger partial charge on any atom is -0.396 e. The minimum absolute atomic E-state index is 0.0289. The smallest absolute Gasteiger partial charge is 0.180 e. The molecule has 30 heavy (non-hydrogen) atoms. The molecule has 3 rings (SSSR count). The molecular formula is C19H23ClN6O2S2. The van der Waals surface area contributed by atoms with Crippen LogP contribution in [-0.4, -0.2) is 40.8 Å². The maximum absolute atomic E-state index is 9.05. The van der Waals surface area contributed by atoms with Crippen molar-refractivity contribution in [3.63, 3.8) is 0 Å². The van der Waals surface area contributed by atoms with Crippen LogP contribution in [0.25, 0.3) is 5.70 Å². The van der Waals surface area contributed by atoms with Crippen LogP contribution in [0.5, 0.6) is 0 Å². The Morgan fingerprint density at radius 3 is 2.97 bits per heavy atom. The van der Waals surface area contributed by atoms with E-state index in [1.807, 2.05) is 13.0 Å². The molecule has 11 heteroatoms. The number of halogens is 1. The van der Waals surface area contributed by atoms with Crippen LogP contribution in [0.3, 0.4) is 0 Å². The van der Waals surface area contributed by atoms with Gasteiger partial charge in [0.15, 0.2) is 5.13 Å². The van der Waals surface area contributed by atoms with Crippen molar-refractivity contribution in [2.24, 2.45) is 11.6 Å². The van der Waals surface area contributed by atoms with E-state index in [-0.39, 0.29) is 17.6 Å². The van der Waals surface area contributed by atoms with Gasteiger partial charge in [-0.05, 0) is 25.1 Å². The molecule has 3 unspecified atom stereocenters. The lowest BCUT2D eigenvalue weighted by molar-refractivity contribution is -0.185. The van der Waals surface area contributed by atoms with Crippen molar-refractivity contribution < 1.29 is 9.47 Å². The van der Waals surface area contributed by atoms with Crippen molar-refractivity contribution in [3.05, 3.63) is 46.1 Å². The van der Waals surface area contributed by atoms with Gasteiger partial charge in [-0.3, -0.25) is 0 Å². The Bertz CT molecular complexity index is 947. The van der Waals surface area contributed by atoms with Gasteiger partial charge >= 0.3 is 0 Å². The zero-order valence-corrected chi connectivity index (χ0v) is 18.7. The van der Waals surface area contributed by atoms with Gasteiger partial charge in [0.2, 0.25) is 0 Å². The zero-order chi connectivity index (χ0) is 21.7. The molecule has 0 saturated carbocycles. The van der Waals surface area contributed by atoms with Gasteiger partial charge in [-0.1, -0.05) is 23.4 Å². The molecule has 0 spiro atoms. The quantitative estimate of drug-likeness (QED) is 0.220. The molecular weight excluding hydrogens is 444 g/mol. The number of thioether (sulfide) groups is 1. The molecule has 1 aromatic heterocycles. The molecule has 1 aliphatic heterocycles. The normalized spacial score (nSPS) is 19.7. The summed E-state index contributed by atoms with van der Waals surface area (Å²) in [6.07, 6.45) is 2.34. The van der Waals surface area contributed by atoms with Crippen LogP contribution in [0.4, 0.5) is 5.13 Å². The number of benzene rings is 1. The number of nitrogens with zero attached hydrogens (tertiary/aromatic N) is 3. The summed E-state index contributed by atoms with van der Waals surface area (Å²) in [7, 11) is 0. The second kappa shape index (κ2) is 10.3. The Labute approximate surface area is 188 Å². The van der Waals surface area contributed by atoms with Crippen LogP contribution < -0.4 is 17.3 Å². The van der Waals surface area contributed by atoms with Crippen LogP contribution in [0.1, 0.15) is 24.6 Å². The summed E-state index contributed by atoms with van der Waals surface area (Å²) in [5.74, 6) is 6.10. The van der Waals surface area contributed by atoms with Gasteiger partial charge < -0.3 is 25.9 Å². The fourth-order valence-corrected chi connectivity index (χ4v) is 4.58. The summed E-state index contributed by atoms with van der Waals surface area (Å²) >= 11 is 9.01. The van der Waals surface area contributed by atoms with E-state index in [1.165, 1.54) is 28.1 Å². The van der Waals surface area contributed by atoms with E-state index in [9.17, 15) is 0 Å². The number of hydrogen-bond acceptors (Lipinski definition) is 10. The molecule has 1 saturated heterocycles. The second-order valence-electron chi connectivity index (χ2n) is 6.70. The van der Waals surface area contributed by atoms with Gasteiger partial charge in [-0.25, -0.2) is 10.8 Å². The average Bonchev–Trinajstić information content (AvgIpc) is 3.15. The first-order chi connectivity index (χ1) is 14.4. The minimum atomic E-state index is -0.180. The summed E-state index contributed by atoms with van der Waals surface area (Å²) in [5, 5.41) is 13.2. The van der Waals surface area contributed by atoms with E-state index in [0.717, 1.165) is 4.90 Å². The van der Waals surface area contributed by atoms with Crippen molar-refractivity contribution in [2.75, 3.05) is 18.9 Å². The summed E-state index contributed by atoms with van der Waals surface area (Å²) < 4.78 is 11.6. The van der Waals surface area contributed by atoms with Crippen LogP contribution in [0.2, 0.25) is 5.02 Å². The van der Waals surface area contributed by atoms with Crippen molar-refractivity contribution in [2.45, 2.75) is 35.9 Å². The lowest BCUT2D eigenvalue weighted by Crippen LogP contribution is -2.46. The Kier molecular flexibility index (Phi) is 7.82. The highest BCUT2D eigenvalue weighted by Gasteiger charge is 2.31. The summed E-state index contributed by atoms with van der Waals surface area (Å²) in [4.78, 5) is 5.06. The summed E-state index contributed by atoms with van der Waals surface area (Å²) in [6, 6.07) is 7.39. The van der Waals surface area contributed by atoms with Crippen LogP contribution in [0.15, 0.2) is 34.7 Å². The van der Waals surface area contributed by atoms with E-state index in [4.69, 9.17) is 43.6 Å². The Hall–Kier alpha value is -2.00. The number of nitrogen functional groups attached to an aromatic ring is 1. The van der Waals surface area contributed by atoms with E-state index < -0.39 is 0 Å². The number of aromatic nitrogens is 1. The molecule has 2 aromatic rings. The summed E-state index contributed by atoms with van der Waals surface area (Å²) in [5.41, 5.74) is 13.0. The van der Waals surface area contributed by atoms with E-state index in [0.29, 0.717) is 46.7 Å². The SMILES string of the molecule is CC1OCC1OC(CCN(N)/C=C(\N)c1csc(N)n1)Sc1ccc(C#N)c(Cl)c1. The largest absolute Gasteiger partial charge is 0.396 e. The maximum Gasteiger partial charge on any atom is 0.180 e. The maximum atomic E-state index is 9.05. The third kappa shape index (κ3) is 6.01. The van der Waals surface area contributed by atoms with E-state index >= 15 is 0 Å². The molecule has 8 nitrogen and oxygen atoms in total. The first-order valence-corrected chi connectivity index (χ1v) is 11.3. The second-order valence-corrected chi connectivity index (χ2v) is 9.23. The third-order valence-corrected chi connectivity index (χ3v) is 6.57. The number of nitriles is 1. The van der Waals surface area contributed by atoms with Gasteiger partial charge in [0.1, 0.15) is 23.3 Å². The van der Waals surface area contributed by atoms with Crippen LogP contribution >= 0.6 is 34.7 Å². The molecule has 1 aliphatic rings. The molecule has 1 fully saturated rings. The van der Waals surface area contributed by atoms with Crippen molar-refractivity contribution in [3.8, 4) is 6.07 Å². The molecule has 0 amide bonds. The van der Waals surface area contributed by atoms with Crippen LogP contribution in [-0.2, 0) is 9.47 Å². The molecule has 160 valence electrons. The van der Waals surface area contributed by atoms with Gasteiger partial charge in [-0.2, -0.15) is 5.26 Å². The number of hydrazine groups is 1. The predicted octanol–water partition coefficient (Wildman–Crippen LogP) is 3.00. The fourth-order valence-electron chi connectivity index (χ4n) is 2.66. The molecule has 3 atom stereocenters. The van der Waals surface area contributed by atoms with Crippen molar-refractivity contribution in [1.82, 2.24) is 9.99 Å². The highest BCUT2D eigenvalue weighted by Crippen LogP contribution is 2.32. The Morgan fingerprint density at radius 2 is 2.40 bits per heavy atom. The number of rotatable bonds is 9. The monoisotopic (exact) mass is 466 g/mol. The number of hydrogen-bond donors (Lipinski definition) is 3. The number of thiazole rings is 1. The number of ether oxygens (including phenoxy) is 2. The van der Waals surface area contributed by atoms with Crippen molar-refractivity contribution in [1.29, 1.82) is 5.26 Å². The Balaban J connectivity index is 1.63. The lowest BCUT2D eigenvalue weighted by atomic mass is 10.1. The third-order valence-electron chi connectivity index (χ3n) is 4.45.